The molecule has 0 amide bonds. The van der Waals surface area contributed by atoms with E-state index in [1.807, 2.05) is 12.1 Å². The second-order valence-electron chi connectivity index (χ2n) is 2.63. The molecule has 13 heavy (non-hydrogen) atoms. The van der Waals surface area contributed by atoms with Crippen molar-refractivity contribution >= 4 is 21.9 Å². The van der Waals surface area contributed by atoms with Gasteiger partial charge in [0.05, 0.1) is 17.1 Å². The highest BCUT2D eigenvalue weighted by atomic mass is 15.3. The lowest BCUT2D eigenvalue weighted by Gasteiger charge is -1.93. The lowest BCUT2D eigenvalue weighted by Crippen LogP contribution is -1.87. The minimum absolute atomic E-state index is 0.742. The lowest BCUT2D eigenvalue weighted by molar-refractivity contribution is 0.896. The molecule has 0 spiro atoms. The van der Waals surface area contributed by atoms with Crippen molar-refractivity contribution in [3.63, 3.8) is 0 Å². The molecular formula is C7H4N6. The Hall–Kier alpha value is -2.11. The quantitative estimate of drug-likeness (QED) is 0.527. The first-order valence-electron chi connectivity index (χ1n) is 3.73. The maximum absolute atomic E-state index is 3.98. The molecule has 0 saturated carbocycles. The number of hydrogen-bond acceptors (Lipinski definition) is 5. The molecule has 3 aromatic rings. The lowest BCUT2D eigenvalue weighted by atomic mass is 10.2. The van der Waals surface area contributed by atoms with E-state index in [0.717, 1.165) is 21.9 Å². The Morgan fingerprint density at radius 2 is 2.00 bits per heavy atom. The zero-order valence-electron chi connectivity index (χ0n) is 6.47. The van der Waals surface area contributed by atoms with Gasteiger partial charge >= 0.3 is 0 Å². The molecular weight excluding hydrogens is 168 g/mol. The number of rotatable bonds is 0. The Morgan fingerprint density at radius 3 is 3.00 bits per heavy atom. The first kappa shape index (κ1) is 6.41. The number of H-pyrrole nitrogens is 1. The fourth-order valence-corrected chi connectivity index (χ4v) is 1.29. The van der Waals surface area contributed by atoms with E-state index >= 15 is 0 Å². The summed E-state index contributed by atoms with van der Waals surface area (Å²) >= 11 is 0. The monoisotopic (exact) mass is 172 g/mol. The summed E-state index contributed by atoms with van der Waals surface area (Å²) in [5.41, 5.74) is 2.32. The summed E-state index contributed by atoms with van der Waals surface area (Å²) in [5, 5.41) is 22.5. The number of aromatic amines is 1. The number of nitrogens with zero attached hydrogens (tertiary/aromatic N) is 5. The van der Waals surface area contributed by atoms with Crippen LogP contribution in [0.4, 0.5) is 0 Å². The smallest absolute Gasteiger partial charge is 0.126 e. The summed E-state index contributed by atoms with van der Waals surface area (Å²) in [6.45, 7) is 0. The first-order valence-corrected chi connectivity index (χ1v) is 3.73. The average molecular weight is 172 g/mol. The average Bonchev–Trinajstić information content (AvgIpc) is 2.65. The molecule has 62 valence electrons. The zero-order chi connectivity index (χ0) is 8.67. The van der Waals surface area contributed by atoms with Crippen LogP contribution in [0.25, 0.3) is 21.9 Å². The molecule has 0 unspecified atom stereocenters. The molecule has 6 nitrogen and oxygen atoms in total. The molecule has 0 radical (unpaired) electrons. The van der Waals surface area contributed by atoms with E-state index in [0.29, 0.717) is 0 Å². The van der Waals surface area contributed by atoms with Gasteiger partial charge in [-0.3, -0.25) is 0 Å². The van der Waals surface area contributed by atoms with Crippen molar-refractivity contribution in [2.45, 2.75) is 0 Å². The minimum Gasteiger partial charge on any atom is -0.197 e. The Labute approximate surface area is 72.0 Å². The third-order valence-corrected chi connectivity index (χ3v) is 1.89. The highest BCUT2D eigenvalue weighted by Gasteiger charge is 2.04. The minimum atomic E-state index is 0.742. The van der Waals surface area contributed by atoms with Gasteiger partial charge in [-0.2, -0.15) is 15.4 Å². The molecule has 0 aliphatic rings. The highest BCUT2D eigenvalue weighted by Crippen LogP contribution is 2.17. The SMILES string of the molecule is c1cc2nnnc2c2cn[nH]nc12. The van der Waals surface area contributed by atoms with Crippen LogP contribution in [0.1, 0.15) is 0 Å². The van der Waals surface area contributed by atoms with Crippen LogP contribution in [0.15, 0.2) is 18.3 Å². The van der Waals surface area contributed by atoms with Crippen molar-refractivity contribution < 1.29 is 0 Å². The summed E-state index contributed by atoms with van der Waals surface area (Å²) in [5.74, 6) is 0. The van der Waals surface area contributed by atoms with Crippen LogP contribution in [0, 0.1) is 0 Å². The summed E-state index contributed by atoms with van der Waals surface area (Å²) in [6, 6.07) is 3.69. The van der Waals surface area contributed by atoms with Crippen molar-refractivity contribution in [1.82, 2.24) is 30.8 Å². The van der Waals surface area contributed by atoms with E-state index in [4.69, 9.17) is 0 Å². The van der Waals surface area contributed by atoms with Gasteiger partial charge in [0.15, 0.2) is 0 Å². The Kier molecular flexibility index (Phi) is 1.08. The Bertz CT molecular complexity index is 571. The van der Waals surface area contributed by atoms with Gasteiger partial charge < -0.3 is 0 Å². The molecule has 0 aliphatic heterocycles. The van der Waals surface area contributed by atoms with Crippen molar-refractivity contribution in [2.24, 2.45) is 0 Å². The van der Waals surface area contributed by atoms with Gasteiger partial charge in [-0.1, -0.05) is 0 Å². The predicted molar refractivity (Wildman–Crippen MR) is 44.8 cm³/mol. The van der Waals surface area contributed by atoms with Crippen LogP contribution in [0.2, 0.25) is 0 Å². The maximum Gasteiger partial charge on any atom is 0.126 e. The predicted octanol–water partition coefficient (Wildman–Crippen LogP) is 0.296. The third-order valence-electron chi connectivity index (χ3n) is 1.89. The molecule has 6 heteroatoms. The Morgan fingerprint density at radius 1 is 1.08 bits per heavy atom. The van der Waals surface area contributed by atoms with Crippen molar-refractivity contribution in [1.29, 1.82) is 0 Å². The third kappa shape index (κ3) is 0.792. The van der Waals surface area contributed by atoms with E-state index in [-0.39, 0.29) is 0 Å². The van der Waals surface area contributed by atoms with Crippen LogP contribution in [-0.4, -0.2) is 30.8 Å². The maximum atomic E-state index is 3.98. The second kappa shape index (κ2) is 2.19. The van der Waals surface area contributed by atoms with Gasteiger partial charge in [0, 0.05) is 0 Å². The molecule has 1 N–H and O–H groups in total. The summed E-state index contributed by atoms with van der Waals surface area (Å²) in [6.07, 6.45) is 1.67. The highest BCUT2D eigenvalue weighted by molar-refractivity contribution is 6.01. The van der Waals surface area contributed by atoms with Gasteiger partial charge in [-0.15, -0.1) is 10.2 Å². The standard InChI is InChI=1S/C7H4N6/c1-2-6-7(11-13-10-6)4-3-8-12-9-5(1)4/h1-3,12H. The number of aromatic nitrogens is 6. The number of benzene rings is 1. The molecule has 0 atom stereocenters. The van der Waals surface area contributed by atoms with Crippen LogP contribution in [0.5, 0.6) is 0 Å². The van der Waals surface area contributed by atoms with Crippen molar-refractivity contribution in [3.05, 3.63) is 18.3 Å². The van der Waals surface area contributed by atoms with Gasteiger partial charge in [-0.25, -0.2) is 0 Å². The normalized spacial score (nSPS) is 11.1. The zero-order valence-corrected chi connectivity index (χ0v) is 6.47. The van der Waals surface area contributed by atoms with Gasteiger partial charge in [0.1, 0.15) is 11.0 Å². The first-order chi connectivity index (χ1) is 6.45. The van der Waals surface area contributed by atoms with Crippen LogP contribution in [-0.2, 0) is 0 Å². The van der Waals surface area contributed by atoms with Crippen LogP contribution >= 0.6 is 0 Å². The second-order valence-corrected chi connectivity index (χ2v) is 2.63. The topological polar surface area (TPSA) is 80.2 Å². The van der Waals surface area contributed by atoms with E-state index < -0.39 is 0 Å². The molecule has 0 aliphatic carbocycles. The van der Waals surface area contributed by atoms with Gasteiger partial charge in [-0.05, 0) is 17.3 Å². The van der Waals surface area contributed by atoms with E-state index in [1.165, 1.54) is 0 Å². The molecule has 0 saturated heterocycles. The molecule has 2 aromatic heterocycles. The number of nitrogens with one attached hydrogen (secondary N) is 1. The van der Waals surface area contributed by atoms with Gasteiger partial charge in [0.2, 0.25) is 0 Å². The summed E-state index contributed by atoms with van der Waals surface area (Å²) in [4.78, 5) is 0. The molecule has 2 heterocycles. The van der Waals surface area contributed by atoms with E-state index in [1.54, 1.807) is 6.20 Å². The molecule has 3 rings (SSSR count). The number of hydrogen-bond donors (Lipinski definition) is 1. The largest absolute Gasteiger partial charge is 0.197 e. The van der Waals surface area contributed by atoms with E-state index in [2.05, 4.69) is 30.8 Å². The molecule has 0 fully saturated rings. The van der Waals surface area contributed by atoms with Gasteiger partial charge in [0.25, 0.3) is 0 Å². The fraction of sp³-hybridized carbons (Fsp3) is 0. The van der Waals surface area contributed by atoms with Crippen molar-refractivity contribution in [2.75, 3.05) is 0 Å². The summed E-state index contributed by atoms with van der Waals surface area (Å²) < 4.78 is 0. The Balaban J connectivity index is 2.65. The van der Waals surface area contributed by atoms with Crippen LogP contribution < -0.4 is 0 Å². The van der Waals surface area contributed by atoms with Crippen molar-refractivity contribution in [3.8, 4) is 0 Å². The fourth-order valence-electron chi connectivity index (χ4n) is 1.29. The molecule has 1 aromatic carbocycles. The van der Waals surface area contributed by atoms with E-state index in [9.17, 15) is 0 Å². The number of fused-ring (bicyclic) bond motifs is 3. The summed E-state index contributed by atoms with van der Waals surface area (Å²) in [7, 11) is 0. The van der Waals surface area contributed by atoms with Crippen LogP contribution in [0.3, 0.4) is 0 Å². The molecule has 0 bridgehead atoms.